The third-order valence-corrected chi connectivity index (χ3v) is 4.43. The van der Waals surface area contributed by atoms with E-state index in [2.05, 4.69) is 9.97 Å². The van der Waals surface area contributed by atoms with E-state index in [-0.39, 0.29) is 0 Å². The number of anilines is 1. The van der Waals surface area contributed by atoms with Crippen molar-refractivity contribution < 1.29 is 4.74 Å². The first-order valence-electron chi connectivity index (χ1n) is 8.97. The lowest BCUT2D eigenvalue weighted by molar-refractivity contribution is 0.483. The van der Waals surface area contributed by atoms with E-state index < -0.39 is 5.69 Å². The van der Waals surface area contributed by atoms with Crippen LogP contribution in [0, 0.1) is 5.41 Å². The Morgan fingerprint density at radius 3 is 2.31 bits per heavy atom. The highest BCUT2D eigenvalue weighted by Crippen LogP contribution is 2.27. The number of hydrogen-bond acceptors (Lipinski definition) is 5. The highest BCUT2D eigenvalue weighted by molar-refractivity contribution is 5.87. The highest BCUT2D eigenvalue weighted by atomic mass is 16.5. The van der Waals surface area contributed by atoms with E-state index in [4.69, 9.17) is 15.9 Å². The van der Waals surface area contributed by atoms with Crippen LogP contribution in [0.5, 0.6) is 11.5 Å². The van der Waals surface area contributed by atoms with E-state index in [1.807, 2.05) is 54.6 Å². The van der Waals surface area contributed by atoms with Gasteiger partial charge in [0.25, 0.3) is 0 Å². The minimum atomic E-state index is -0.449. The predicted octanol–water partition coefficient (Wildman–Crippen LogP) is 4.48. The minimum Gasteiger partial charge on any atom is -0.457 e. The summed E-state index contributed by atoms with van der Waals surface area (Å²) in [5.41, 5.74) is 9.17. The average Bonchev–Trinajstić information content (AvgIpc) is 2.75. The second-order valence-corrected chi connectivity index (χ2v) is 6.41. The molecule has 4 rings (SSSR count). The third-order valence-electron chi connectivity index (χ3n) is 4.43. The van der Waals surface area contributed by atoms with Crippen LogP contribution in [0.1, 0.15) is 5.56 Å². The number of H-pyrrole nitrogens is 1. The van der Waals surface area contributed by atoms with Gasteiger partial charge in [0, 0.05) is 23.0 Å². The molecule has 0 saturated carbocycles. The molecule has 29 heavy (non-hydrogen) atoms. The van der Waals surface area contributed by atoms with Crippen molar-refractivity contribution in [3.05, 3.63) is 94.9 Å². The molecule has 4 aromatic rings. The number of ether oxygens (including phenoxy) is 1. The molecule has 4 N–H and O–H groups in total. The van der Waals surface area contributed by atoms with Gasteiger partial charge in [0.05, 0.1) is 11.4 Å². The molecule has 0 radical (unpaired) electrons. The maximum absolute atomic E-state index is 12.1. The van der Waals surface area contributed by atoms with Crippen LogP contribution in [0.4, 0.5) is 5.69 Å². The van der Waals surface area contributed by atoms with Crippen molar-refractivity contribution in [2.24, 2.45) is 0 Å². The quantitative estimate of drug-likeness (QED) is 0.350. The number of rotatable bonds is 5. The predicted molar refractivity (Wildman–Crippen MR) is 115 cm³/mol. The van der Waals surface area contributed by atoms with Gasteiger partial charge in [0.2, 0.25) is 0 Å². The van der Waals surface area contributed by atoms with Crippen LogP contribution in [0.25, 0.3) is 22.5 Å². The normalized spacial score (nSPS) is 10.5. The van der Waals surface area contributed by atoms with E-state index in [0.717, 1.165) is 11.3 Å². The summed E-state index contributed by atoms with van der Waals surface area (Å²) >= 11 is 0. The molecule has 6 heteroatoms. The second-order valence-electron chi connectivity index (χ2n) is 6.41. The van der Waals surface area contributed by atoms with Crippen molar-refractivity contribution in [1.82, 2.24) is 9.97 Å². The maximum atomic E-state index is 12.1. The van der Waals surface area contributed by atoms with Gasteiger partial charge < -0.3 is 20.9 Å². The zero-order valence-electron chi connectivity index (χ0n) is 15.4. The molecule has 6 nitrogen and oxygen atoms in total. The smallest absolute Gasteiger partial charge is 0.345 e. The number of nitrogens with zero attached hydrogens (tertiary/aromatic N) is 1. The number of nitrogens with two attached hydrogens (primary N) is 1. The van der Waals surface area contributed by atoms with Crippen molar-refractivity contribution in [3.63, 3.8) is 0 Å². The van der Waals surface area contributed by atoms with E-state index in [9.17, 15) is 4.79 Å². The van der Waals surface area contributed by atoms with Crippen LogP contribution in [-0.4, -0.2) is 16.2 Å². The summed E-state index contributed by atoms with van der Waals surface area (Å²) in [6.45, 7) is 0. The SMILES string of the molecule is N=Cc1cc(-c2cc(-c3ccc(Oc4ccccc4)cc3)[nH]c(=O)n2)ccc1N. The molecule has 0 bridgehead atoms. The van der Waals surface area contributed by atoms with E-state index in [1.165, 1.54) is 6.21 Å². The summed E-state index contributed by atoms with van der Waals surface area (Å²) in [5.74, 6) is 1.45. The van der Waals surface area contributed by atoms with Crippen LogP contribution < -0.4 is 16.2 Å². The fourth-order valence-electron chi connectivity index (χ4n) is 2.95. The molecule has 1 heterocycles. The van der Waals surface area contributed by atoms with Crippen LogP contribution in [0.15, 0.2) is 83.7 Å². The number of hydrogen-bond donors (Lipinski definition) is 3. The summed E-state index contributed by atoms with van der Waals surface area (Å²) < 4.78 is 5.81. The van der Waals surface area contributed by atoms with Crippen molar-refractivity contribution in [3.8, 4) is 34.0 Å². The Morgan fingerprint density at radius 2 is 1.59 bits per heavy atom. The summed E-state index contributed by atoms with van der Waals surface area (Å²) in [6, 6.07) is 24.0. The number of para-hydroxylation sites is 1. The molecule has 0 unspecified atom stereocenters. The molecule has 0 atom stereocenters. The lowest BCUT2D eigenvalue weighted by atomic mass is 10.0. The van der Waals surface area contributed by atoms with Gasteiger partial charge in [0.15, 0.2) is 0 Å². The van der Waals surface area contributed by atoms with Gasteiger partial charge in [-0.1, -0.05) is 24.3 Å². The topological polar surface area (TPSA) is 105 Å². The zero-order chi connectivity index (χ0) is 20.2. The molecule has 142 valence electrons. The molecule has 1 aromatic heterocycles. The highest BCUT2D eigenvalue weighted by Gasteiger charge is 2.08. The lowest BCUT2D eigenvalue weighted by Crippen LogP contribution is -2.12. The molecule has 0 amide bonds. The average molecular weight is 382 g/mol. The first kappa shape index (κ1) is 18.2. The van der Waals surface area contributed by atoms with Crippen molar-refractivity contribution >= 4 is 11.9 Å². The molecule has 0 saturated heterocycles. The number of aromatic amines is 1. The van der Waals surface area contributed by atoms with E-state index in [1.54, 1.807) is 24.3 Å². The van der Waals surface area contributed by atoms with Gasteiger partial charge in [-0.05, 0) is 60.2 Å². The number of nitrogens with one attached hydrogen (secondary N) is 2. The number of nitrogen functional groups attached to an aromatic ring is 1. The first-order valence-corrected chi connectivity index (χ1v) is 8.97. The van der Waals surface area contributed by atoms with E-state index >= 15 is 0 Å². The largest absolute Gasteiger partial charge is 0.457 e. The fourth-order valence-corrected chi connectivity index (χ4v) is 2.95. The number of aromatic nitrogens is 2. The van der Waals surface area contributed by atoms with Gasteiger partial charge in [-0.15, -0.1) is 0 Å². The Bertz CT molecular complexity index is 1220. The van der Waals surface area contributed by atoms with Gasteiger partial charge in [-0.25, -0.2) is 4.79 Å². The molecule has 3 aromatic carbocycles. The first-order chi connectivity index (χ1) is 14.1. The Labute approximate surface area is 167 Å². The molecule has 0 fully saturated rings. The van der Waals surface area contributed by atoms with Gasteiger partial charge in [0.1, 0.15) is 11.5 Å². The van der Waals surface area contributed by atoms with Crippen LogP contribution in [0.3, 0.4) is 0 Å². The standard InChI is InChI=1S/C23H18N4O2/c24-14-17-12-16(8-11-20(17)25)22-13-21(26-23(28)27-22)15-6-9-19(10-7-15)29-18-4-2-1-3-5-18/h1-14,24H,25H2,(H,26,27,28). The Hall–Kier alpha value is -4.19. The number of benzene rings is 3. The third kappa shape index (κ3) is 4.06. The Balaban J connectivity index is 1.65. The van der Waals surface area contributed by atoms with Gasteiger partial charge in [-0.3, -0.25) is 0 Å². The van der Waals surface area contributed by atoms with Crippen molar-refractivity contribution in [2.45, 2.75) is 0 Å². The molecule has 0 spiro atoms. The van der Waals surface area contributed by atoms with E-state index in [0.29, 0.717) is 34.0 Å². The fraction of sp³-hybridized carbons (Fsp3) is 0. The second kappa shape index (κ2) is 7.82. The minimum absolute atomic E-state index is 0.449. The molecule has 0 aliphatic rings. The van der Waals surface area contributed by atoms with Crippen LogP contribution in [0.2, 0.25) is 0 Å². The molecular weight excluding hydrogens is 364 g/mol. The molecule has 0 aliphatic heterocycles. The summed E-state index contributed by atoms with van der Waals surface area (Å²) in [7, 11) is 0. The van der Waals surface area contributed by atoms with Crippen LogP contribution >= 0.6 is 0 Å². The van der Waals surface area contributed by atoms with Crippen molar-refractivity contribution in [2.75, 3.05) is 5.73 Å². The monoisotopic (exact) mass is 382 g/mol. The van der Waals surface area contributed by atoms with Crippen molar-refractivity contribution in [1.29, 1.82) is 5.41 Å². The van der Waals surface area contributed by atoms with Crippen LogP contribution in [-0.2, 0) is 0 Å². The summed E-state index contributed by atoms with van der Waals surface area (Å²) in [5, 5.41) is 7.46. The maximum Gasteiger partial charge on any atom is 0.345 e. The van der Waals surface area contributed by atoms with Gasteiger partial charge in [-0.2, -0.15) is 4.98 Å². The summed E-state index contributed by atoms with van der Waals surface area (Å²) in [6.07, 6.45) is 1.18. The zero-order valence-corrected chi connectivity index (χ0v) is 15.4. The summed E-state index contributed by atoms with van der Waals surface area (Å²) in [4.78, 5) is 18.9. The Kier molecular flexibility index (Phi) is 4.90. The Morgan fingerprint density at radius 1 is 0.897 bits per heavy atom. The molecule has 0 aliphatic carbocycles. The van der Waals surface area contributed by atoms with Gasteiger partial charge >= 0.3 is 5.69 Å². The lowest BCUT2D eigenvalue weighted by Gasteiger charge is -2.09. The molecular formula is C23H18N4O2.